The normalized spacial score (nSPS) is 16.0. The number of anilines is 3. The molecule has 0 saturated heterocycles. The second kappa shape index (κ2) is 30.4. The Morgan fingerprint density at radius 3 is 1.13 bits per heavy atom. The molecule has 21 rings (SSSR count). The molecule has 12 aromatic carbocycles. The minimum Gasteiger partial charge on any atom is -0.456 e. The lowest BCUT2D eigenvalue weighted by atomic mass is 9.68. The quantitative estimate of drug-likeness (QED) is 0.0406. The Labute approximate surface area is 725 Å². The van der Waals surface area contributed by atoms with Crippen LogP contribution in [0, 0.1) is 0 Å². The largest absolute Gasteiger partial charge is 0.456 e. The smallest absolute Gasteiger partial charge is 0.144 e. The summed E-state index contributed by atoms with van der Waals surface area (Å²) < 4.78 is 21.0. The molecule has 0 bridgehead atoms. The molecule has 4 heteroatoms. The average Bonchev–Trinajstić information content (AvgIpc) is 1.51. The monoisotopic (exact) mass is 1600 g/mol. The number of furan rings is 3. The van der Waals surface area contributed by atoms with E-state index < -0.39 is 5.41 Å². The fraction of sp³-hybridized carbons (Fsp3) is 0.390. The van der Waals surface area contributed by atoms with Crippen molar-refractivity contribution in [3.8, 4) is 66.8 Å². The molecule has 3 aromatic heterocycles. The Balaban J connectivity index is 0.787. The van der Waals surface area contributed by atoms with Gasteiger partial charge in [-0.1, -0.05) is 346 Å². The van der Waals surface area contributed by atoms with E-state index in [2.05, 4.69) is 288 Å². The van der Waals surface area contributed by atoms with Gasteiger partial charge in [0, 0.05) is 87.4 Å². The summed E-state index contributed by atoms with van der Waals surface area (Å²) in [4.78, 5) is 2.73. The third-order valence-corrected chi connectivity index (χ3v) is 31.8. The maximum absolute atomic E-state index is 7.28. The number of hydrogen-bond acceptors (Lipinski definition) is 4. The minimum absolute atomic E-state index is 0.136. The molecule has 3 heterocycles. The first kappa shape index (κ1) is 79.0. The summed E-state index contributed by atoms with van der Waals surface area (Å²) in [5.74, 6) is 0. The van der Waals surface area contributed by atoms with Gasteiger partial charge in [-0.3, -0.25) is 0 Å². The Kier molecular flexibility index (Phi) is 19.7. The third kappa shape index (κ3) is 11.9. The van der Waals surface area contributed by atoms with E-state index >= 15 is 0 Å². The molecule has 6 aliphatic rings. The highest BCUT2D eigenvalue weighted by Crippen LogP contribution is 2.68. The van der Waals surface area contributed by atoms with Crippen LogP contribution in [0.1, 0.15) is 330 Å². The first-order chi connectivity index (χ1) is 59.4. The van der Waals surface area contributed by atoms with E-state index in [0.29, 0.717) is 0 Å². The predicted octanol–water partition coefficient (Wildman–Crippen LogP) is 35.6. The van der Waals surface area contributed by atoms with Crippen LogP contribution in [0.15, 0.2) is 213 Å². The fourth-order valence-corrected chi connectivity index (χ4v) is 25.6. The summed E-state index contributed by atoms with van der Waals surface area (Å²) in [6.45, 7) is 29.4. The van der Waals surface area contributed by atoms with Crippen LogP contribution in [0.3, 0.4) is 0 Å². The second-order valence-electron chi connectivity index (χ2n) is 40.4. The molecular weight excluding hydrogens is 1480 g/mol. The Bertz CT molecular complexity index is 6650. The summed E-state index contributed by atoms with van der Waals surface area (Å²) >= 11 is 0. The number of rotatable bonds is 31. The van der Waals surface area contributed by atoms with Crippen molar-refractivity contribution in [3.05, 3.63) is 267 Å². The zero-order valence-electron chi connectivity index (χ0n) is 75.0. The summed E-state index contributed by atoms with van der Waals surface area (Å²) in [5.41, 5.74) is 41.7. The molecule has 0 atom stereocenters. The zero-order chi connectivity index (χ0) is 83.3. The highest BCUT2D eigenvalue weighted by molar-refractivity contribution is 6.22. The van der Waals surface area contributed by atoms with Crippen molar-refractivity contribution in [1.29, 1.82) is 0 Å². The molecule has 6 aliphatic carbocycles. The van der Waals surface area contributed by atoms with Gasteiger partial charge in [0.25, 0.3) is 0 Å². The SMILES string of the molecule is CCCCCCCCC1(CCCCCCCC)c2cc(N(c3ccc4c(c3)C(C)(C)c3cc5c(cc3-4)C(C)(C)c3ccc4oc6ccccc6c4c3-5)c3ccc4c(c3)C(C)(C)c3c5c(c6oc7ccccc7c6c3-4)-c3ccccc3C5(C)C)ccc2-c2cc3c(cc21)-c1c(ccc2oc4ccccc4c12)C3(CCCCCCCC)CCCCCCCC. The summed E-state index contributed by atoms with van der Waals surface area (Å²) in [5, 5.41) is 7.42. The van der Waals surface area contributed by atoms with Crippen molar-refractivity contribution in [3.63, 3.8) is 0 Å². The van der Waals surface area contributed by atoms with Gasteiger partial charge in [-0.25, -0.2) is 0 Å². The van der Waals surface area contributed by atoms with Crippen LogP contribution in [0.2, 0.25) is 0 Å². The molecular formula is C118H125NO3. The molecule has 0 radical (unpaired) electrons. The fourth-order valence-electron chi connectivity index (χ4n) is 25.6. The van der Waals surface area contributed by atoms with E-state index in [1.54, 1.807) is 16.7 Å². The highest BCUT2D eigenvalue weighted by atomic mass is 16.3. The van der Waals surface area contributed by atoms with E-state index in [1.807, 2.05) is 0 Å². The summed E-state index contributed by atoms with van der Waals surface area (Å²) in [6.07, 6.45) is 35.1. The number of fused-ring (bicyclic) bond motifs is 32. The molecule has 15 aromatic rings. The van der Waals surface area contributed by atoms with Gasteiger partial charge in [-0.2, -0.15) is 0 Å². The van der Waals surface area contributed by atoms with Crippen LogP contribution in [0.25, 0.3) is 133 Å². The van der Waals surface area contributed by atoms with Crippen LogP contribution in [0.5, 0.6) is 0 Å². The van der Waals surface area contributed by atoms with Crippen LogP contribution in [-0.4, -0.2) is 0 Å². The van der Waals surface area contributed by atoms with E-state index in [4.69, 9.17) is 13.3 Å². The van der Waals surface area contributed by atoms with Gasteiger partial charge in [-0.15, -0.1) is 0 Å². The standard InChI is InChI=1S/C118H125NO3/c1-13-17-21-25-29-41-63-117(64-42-30-26-22-18-14-2)90-60-62-102-106(82-47-35-39-51-99(82)121-102)104(90)87-73-96-85(71-97(87)117)78-57-54-76(69-95(78)118(96,65-43-31-27-23-19-15-3)66-44-32-28-24-20-16-4)119(74-53-56-77-84-70-94-86(72-93(84)114(7,8)91(77)67-74)103-89(113(94,5)6)59-61-101-105(103)81-46-34-38-50-98(81)120-101)75-55-58-80-92(68-75)116(11,12)110-107(80)108-83-48-36-40-52-100(83)122-112(108)109-79-45-33-37-49-88(79)115(9,10)111(109)110/h33-40,45-62,67-73H,13-32,41-44,63-66H2,1-12H3. The lowest BCUT2D eigenvalue weighted by molar-refractivity contribution is 0.394. The Morgan fingerprint density at radius 2 is 0.574 bits per heavy atom. The molecule has 0 amide bonds. The van der Waals surface area contributed by atoms with Crippen molar-refractivity contribution in [2.45, 2.75) is 295 Å². The first-order valence-electron chi connectivity index (χ1n) is 48.0. The van der Waals surface area contributed by atoms with E-state index in [9.17, 15) is 0 Å². The molecule has 620 valence electrons. The molecule has 0 unspecified atom stereocenters. The summed E-state index contributed by atoms with van der Waals surface area (Å²) in [6, 6.07) is 79.6. The van der Waals surface area contributed by atoms with Crippen molar-refractivity contribution in [1.82, 2.24) is 0 Å². The van der Waals surface area contributed by atoms with Crippen LogP contribution in [-0.2, 0) is 32.5 Å². The number of benzene rings is 12. The Morgan fingerprint density at radius 1 is 0.230 bits per heavy atom. The maximum Gasteiger partial charge on any atom is 0.144 e. The lowest BCUT2D eigenvalue weighted by Gasteiger charge is -2.35. The van der Waals surface area contributed by atoms with E-state index in [-0.39, 0.29) is 27.1 Å². The number of para-hydroxylation sites is 3. The van der Waals surface area contributed by atoms with Gasteiger partial charge in [0.1, 0.15) is 33.5 Å². The van der Waals surface area contributed by atoms with Gasteiger partial charge in [0.15, 0.2) is 0 Å². The maximum atomic E-state index is 7.28. The van der Waals surface area contributed by atoms with Gasteiger partial charge < -0.3 is 18.2 Å². The Hall–Kier alpha value is -10.2. The van der Waals surface area contributed by atoms with Crippen molar-refractivity contribution in [2.24, 2.45) is 0 Å². The second-order valence-corrected chi connectivity index (χ2v) is 40.4. The minimum atomic E-state index is -0.402. The number of unbranched alkanes of at least 4 members (excludes halogenated alkanes) is 20. The molecule has 0 saturated carbocycles. The van der Waals surface area contributed by atoms with E-state index in [1.165, 1.54) is 333 Å². The molecule has 4 nitrogen and oxygen atoms in total. The van der Waals surface area contributed by atoms with Gasteiger partial charge in [0.2, 0.25) is 0 Å². The summed E-state index contributed by atoms with van der Waals surface area (Å²) in [7, 11) is 0. The first-order valence-corrected chi connectivity index (χ1v) is 48.0. The van der Waals surface area contributed by atoms with Gasteiger partial charge in [0.05, 0.1) is 0 Å². The molecule has 122 heavy (non-hydrogen) atoms. The van der Waals surface area contributed by atoms with E-state index in [0.717, 1.165) is 46.3 Å². The van der Waals surface area contributed by atoms with Crippen molar-refractivity contribution >= 4 is 82.9 Å². The number of hydrogen-bond donors (Lipinski definition) is 0. The van der Waals surface area contributed by atoms with Gasteiger partial charge in [-0.05, 0) is 245 Å². The zero-order valence-corrected chi connectivity index (χ0v) is 75.0. The highest BCUT2D eigenvalue weighted by Gasteiger charge is 2.53. The molecule has 0 spiro atoms. The van der Waals surface area contributed by atoms with Crippen LogP contribution < -0.4 is 4.90 Å². The number of nitrogens with zero attached hydrogens (tertiary/aromatic N) is 1. The van der Waals surface area contributed by atoms with Crippen molar-refractivity contribution in [2.75, 3.05) is 4.90 Å². The van der Waals surface area contributed by atoms with Crippen LogP contribution >= 0.6 is 0 Å². The van der Waals surface area contributed by atoms with Crippen LogP contribution in [0.4, 0.5) is 17.1 Å². The van der Waals surface area contributed by atoms with Crippen molar-refractivity contribution < 1.29 is 13.3 Å². The topological polar surface area (TPSA) is 42.7 Å². The molecule has 0 aliphatic heterocycles. The van der Waals surface area contributed by atoms with Gasteiger partial charge >= 0.3 is 0 Å². The predicted molar refractivity (Wildman–Crippen MR) is 518 cm³/mol. The lowest BCUT2D eigenvalue weighted by Crippen LogP contribution is -2.27. The molecule has 0 N–H and O–H groups in total. The average molecular weight is 1610 g/mol. The molecule has 0 fully saturated rings. The third-order valence-electron chi connectivity index (χ3n) is 31.8.